The molecule has 1 fully saturated rings. The van der Waals surface area contributed by atoms with Crippen molar-refractivity contribution in [3.05, 3.63) is 115 Å². The van der Waals surface area contributed by atoms with E-state index < -0.39 is 5.78 Å². The minimum Gasteiger partial charge on any atom is -0.489 e. The Morgan fingerprint density at radius 1 is 0.977 bits per heavy atom. The summed E-state index contributed by atoms with van der Waals surface area (Å²) in [6.07, 6.45) is 9.99. The normalized spacial score (nSPS) is 16.7. The molecule has 3 heterocycles. The van der Waals surface area contributed by atoms with E-state index >= 15 is 0 Å². The fraction of sp³-hybridized carbons (Fsp3) is 0.222. The van der Waals surface area contributed by atoms with Crippen LogP contribution in [0.3, 0.4) is 0 Å². The number of Topliss-reactive ketones (excluding diaryl/α,β-unsaturated/α-hetero) is 1. The molecule has 0 radical (unpaired) electrons. The van der Waals surface area contributed by atoms with Crippen molar-refractivity contribution in [2.75, 3.05) is 5.73 Å². The van der Waals surface area contributed by atoms with Gasteiger partial charge < -0.3 is 15.0 Å². The van der Waals surface area contributed by atoms with Gasteiger partial charge in [-0.05, 0) is 49.3 Å². The molecule has 3 aromatic heterocycles. The second kappa shape index (κ2) is 11.8. The van der Waals surface area contributed by atoms with Crippen LogP contribution in [0.1, 0.15) is 53.5 Å². The zero-order valence-electron chi connectivity index (χ0n) is 24.3. The van der Waals surface area contributed by atoms with Crippen LogP contribution in [0, 0.1) is 5.92 Å². The zero-order valence-corrected chi connectivity index (χ0v) is 24.3. The van der Waals surface area contributed by atoms with Crippen molar-refractivity contribution in [2.24, 2.45) is 5.92 Å². The summed E-state index contributed by atoms with van der Waals surface area (Å²) < 4.78 is 10.2. The highest BCUT2D eigenvalue weighted by atomic mass is 16.5. The van der Waals surface area contributed by atoms with E-state index in [2.05, 4.69) is 9.38 Å². The highest BCUT2D eigenvalue weighted by Gasteiger charge is 2.29. The Labute approximate surface area is 255 Å². The number of benzene rings is 3. The van der Waals surface area contributed by atoms with Crippen LogP contribution in [0.25, 0.3) is 27.5 Å². The molecule has 0 bridgehead atoms. The molecule has 0 unspecified atom stereocenters. The second-order valence-corrected chi connectivity index (χ2v) is 11.6. The quantitative estimate of drug-likeness (QED) is 0.113. The van der Waals surface area contributed by atoms with Gasteiger partial charge in [-0.3, -0.25) is 14.0 Å². The third kappa shape index (κ3) is 5.24. The van der Waals surface area contributed by atoms with E-state index in [4.69, 9.17) is 15.5 Å². The largest absolute Gasteiger partial charge is 0.489 e. The van der Waals surface area contributed by atoms with Gasteiger partial charge >= 0.3 is 0 Å². The molecule has 0 amide bonds. The summed E-state index contributed by atoms with van der Waals surface area (Å²) in [6.45, 7) is 1.19. The van der Waals surface area contributed by atoms with Crippen LogP contribution in [0.5, 0.6) is 5.75 Å². The third-order valence-corrected chi connectivity index (χ3v) is 8.77. The average Bonchev–Trinajstić information content (AvgIpc) is 3.64. The van der Waals surface area contributed by atoms with E-state index in [9.17, 15) is 9.59 Å². The summed E-state index contributed by atoms with van der Waals surface area (Å²) in [5.41, 5.74) is 10.6. The molecule has 220 valence electrons. The van der Waals surface area contributed by atoms with Crippen LogP contribution in [0.15, 0.2) is 97.5 Å². The Bertz CT molecular complexity index is 1970. The zero-order chi connectivity index (χ0) is 30.0. The lowest BCUT2D eigenvalue weighted by atomic mass is 9.81. The number of ketones is 1. The van der Waals surface area contributed by atoms with Crippen molar-refractivity contribution in [3.63, 3.8) is 0 Å². The van der Waals surface area contributed by atoms with Gasteiger partial charge in [-0.15, -0.1) is 0 Å². The number of aromatic nitrogens is 4. The van der Waals surface area contributed by atoms with Gasteiger partial charge in [0.15, 0.2) is 6.29 Å². The first-order valence-corrected chi connectivity index (χ1v) is 15.1. The molecule has 8 nitrogen and oxygen atoms in total. The monoisotopic (exact) mass is 583 g/mol. The lowest BCUT2D eigenvalue weighted by Gasteiger charge is -2.28. The summed E-state index contributed by atoms with van der Waals surface area (Å²) in [7, 11) is 0. The first-order valence-electron chi connectivity index (χ1n) is 15.1. The number of nitrogens with two attached hydrogens (primary N) is 1. The number of nitrogens with zero attached hydrogens (tertiary/aromatic N) is 4. The van der Waals surface area contributed by atoms with Gasteiger partial charge in [-0.1, -0.05) is 66.7 Å². The maximum atomic E-state index is 12.6. The molecular weight excluding hydrogens is 550 g/mol. The molecule has 0 saturated heterocycles. The minimum absolute atomic E-state index is 0.256. The van der Waals surface area contributed by atoms with Gasteiger partial charge in [0.2, 0.25) is 5.78 Å². The molecule has 1 aliphatic rings. The van der Waals surface area contributed by atoms with E-state index in [1.165, 1.54) is 0 Å². The highest BCUT2D eigenvalue weighted by Crippen LogP contribution is 2.40. The summed E-state index contributed by atoms with van der Waals surface area (Å²) in [5, 5.41) is 1.80. The molecule has 3 aromatic carbocycles. The number of carbonyl (C=O) groups is 2. The Morgan fingerprint density at radius 2 is 1.77 bits per heavy atom. The molecule has 0 spiro atoms. The second-order valence-electron chi connectivity index (χ2n) is 11.6. The van der Waals surface area contributed by atoms with Crippen LogP contribution in [-0.2, 0) is 17.9 Å². The summed E-state index contributed by atoms with van der Waals surface area (Å²) in [5.74, 6) is 2.37. The lowest BCUT2D eigenvalue weighted by Crippen LogP contribution is -2.21. The van der Waals surface area contributed by atoms with Crippen LogP contribution in [0.2, 0.25) is 0 Å². The molecule has 2 N–H and O–H groups in total. The van der Waals surface area contributed by atoms with Crippen LogP contribution >= 0.6 is 0 Å². The molecule has 0 atom stereocenters. The standard InChI is InChI=1S/C36H33N5O3/c37-35-34-32(27-10-6-11-29(19-27)44-23-25-7-2-1-3-8-25)39-36(41(34)18-17-38-35)26-15-13-24(14-16-26)20-40-21-28-9-4-5-12-30(28)33(40)31(43)22-42/h1-12,17-19,21-22,24,26H,13-16,20,23H2,(H2,37,38). The van der Waals surface area contributed by atoms with E-state index in [1.54, 1.807) is 6.20 Å². The summed E-state index contributed by atoms with van der Waals surface area (Å²) in [4.78, 5) is 33.6. The highest BCUT2D eigenvalue weighted by molar-refractivity contribution is 6.35. The Kier molecular flexibility index (Phi) is 7.40. The SMILES string of the molecule is Nc1nccn2c(C3CCC(Cn4cc5ccccc5c4C(=O)C=O)CC3)nc(-c3cccc(OCc4ccccc4)c3)c12. The van der Waals surface area contributed by atoms with E-state index in [0.717, 1.165) is 70.4 Å². The number of nitrogen functional groups attached to an aromatic ring is 1. The van der Waals surface area contributed by atoms with E-state index in [1.807, 2.05) is 95.8 Å². The van der Waals surface area contributed by atoms with Crippen LogP contribution in [0.4, 0.5) is 5.82 Å². The van der Waals surface area contributed by atoms with Gasteiger partial charge in [0.05, 0.1) is 0 Å². The first-order chi connectivity index (χ1) is 21.6. The summed E-state index contributed by atoms with van der Waals surface area (Å²) in [6, 6.07) is 25.8. The maximum Gasteiger partial charge on any atom is 0.242 e. The van der Waals surface area contributed by atoms with Crippen molar-refractivity contribution >= 4 is 34.2 Å². The van der Waals surface area contributed by atoms with Crippen molar-refractivity contribution in [1.29, 1.82) is 0 Å². The Morgan fingerprint density at radius 3 is 2.59 bits per heavy atom. The topological polar surface area (TPSA) is 105 Å². The summed E-state index contributed by atoms with van der Waals surface area (Å²) >= 11 is 0. The van der Waals surface area contributed by atoms with Gasteiger partial charge in [0.25, 0.3) is 0 Å². The molecule has 44 heavy (non-hydrogen) atoms. The first kappa shape index (κ1) is 27.6. The molecule has 7 rings (SSSR count). The molecule has 1 saturated carbocycles. The lowest BCUT2D eigenvalue weighted by molar-refractivity contribution is -0.104. The Balaban J connectivity index is 1.12. The number of ether oxygens (including phenoxy) is 1. The number of aldehydes is 1. The van der Waals surface area contributed by atoms with Crippen LogP contribution in [-0.4, -0.2) is 31.0 Å². The van der Waals surface area contributed by atoms with Crippen molar-refractivity contribution in [2.45, 2.75) is 44.8 Å². The van der Waals surface area contributed by atoms with Crippen LogP contribution < -0.4 is 10.5 Å². The van der Waals surface area contributed by atoms with E-state index in [0.29, 0.717) is 36.9 Å². The molecule has 6 aromatic rings. The van der Waals surface area contributed by atoms with E-state index in [-0.39, 0.29) is 5.92 Å². The predicted molar refractivity (Wildman–Crippen MR) is 171 cm³/mol. The number of carbonyl (C=O) groups excluding carboxylic acids is 2. The number of imidazole rings is 1. The van der Waals surface area contributed by atoms with Crippen molar-refractivity contribution in [1.82, 2.24) is 18.9 Å². The fourth-order valence-corrected chi connectivity index (χ4v) is 6.62. The third-order valence-electron chi connectivity index (χ3n) is 8.77. The average molecular weight is 584 g/mol. The minimum atomic E-state index is -0.475. The maximum absolute atomic E-state index is 12.6. The number of fused-ring (bicyclic) bond motifs is 2. The van der Waals surface area contributed by atoms with Crippen molar-refractivity contribution in [3.8, 4) is 17.0 Å². The fourth-order valence-electron chi connectivity index (χ4n) is 6.62. The predicted octanol–water partition coefficient (Wildman–Crippen LogP) is 6.87. The number of anilines is 1. The Hall–Kier alpha value is -5.24. The number of rotatable bonds is 9. The van der Waals surface area contributed by atoms with Gasteiger partial charge in [0.1, 0.15) is 40.9 Å². The number of hydrogen-bond acceptors (Lipinski definition) is 6. The number of hydrogen-bond donors (Lipinski definition) is 1. The molecule has 8 heteroatoms. The van der Waals surface area contributed by atoms with Gasteiger partial charge in [-0.2, -0.15) is 0 Å². The molecular formula is C36H33N5O3. The van der Waals surface area contributed by atoms with Gasteiger partial charge in [0, 0.05) is 47.4 Å². The molecule has 0 aliphatic heterocycles. The van der Waals surface area contributed by atoms with Gasteiger partial charge in [-0.25, -0.2) is 9.97 Å². The van der Waals surface area contributed by atoms with Crippen molar-refractivity contribution < 1.29 is 14.3 Å². The smallest absolute Gasteiger partial charge is 0.242 e. The molecule has 1 aliphatic carbocycles.